The van der Waals surface area contributed by atoms with Crippen LogP contribution < -0.4 is 0 Å². The first-order valence-corrected chi connectivity index (χ1v) is 7.25. The van der Waals surface area contributed by atoms with Crippen LogP contribution in [0.3, 0.4) is 0 Å². The number of aliphatic hydroxyl groups excluding tert-OH is 1. The quantitative estimate of drug-likeness (QED) is 0.666. The van der Waals surface area contributed by atoms with Gasteiger partial charge in [-0.3, -0.25) is 0 Å². The van der Waals surface area contributed by atoms with Gasteiger partial charge < -0.3 is 5.11 Å². The Labute approximate surface area is 126 Å². The Kier molecular flexibility index (Phi) is 3.53. The van der Waals surface area contributed by atoms with Crippen LogP contribution in [0.2, 0.25) is 0 Å². The zero-order valence-electron chi connectivity index (χ0n) is 10.3. The lowest BCUT2D eigenvalue weighted by Crippen LogP contribution is -2.02. The normalized spacial score (nSPS) is 12.5. The van der Waals surface area contributed by atoms with Crippen LogP contribution in [-0.2, 0) is 0 Å². The topological polar surface area (TPSA) is 20.2 Å². The third-order valence-corrected chi connectivity index (χ3v) is 4.30. The highest BCUT2D eigenvalue weighted by Gasteiger charge is 2.15. The van der Waals surface area contributed by atoms with Gasteiger partial charge in [-0.15, -0.1) is 0 Å². The first kappa shape index (κ1) is 12.6. The summed E-state index contributed by atoms with van der Waals surface area (Å²) in [6, 6.07) is 22.2. The van der Waals surface area contributed by atoms with E-state index in [2.05, 4.69) is 40.8 Å². The summed E-state index contributed by atoms with van der Waals surface area (Å²) in [5, 5.41) is 12.9. The molecule has 0 aliphatic heterocycles. The van der Waals surface area contributed by atoms with Gasteiger partial charge in [0.05, 0.1) is 0 Å². The molecule has 94 valence electrons. The largest absolute Gasteiger partial charge is 0.384 e. The number of fused-ring (bicyclic) bond motifs is 1. The van der Waals surface area contributed by atoms with Gasteiger partial charge in [0.25, 0.3) is 0 Å². The molecule has 19 heavy (non-hydrogen) atoms. The zero-order chi connectivity index (χ0) is 13.2. The Morgan fingerprint density at radius 1 is 0.737 bits per heavy atom. The Morgan fingerprint density at radius 2 is 1.37 bits per heavy atom. The highest BCUT2D eigenvalue weighted by atomic mass is 127. The van der Waals surface area contributed by atoms with Gasteiger partial charge in [0.15, 0.2) is 0 Å². The molecule has 0 aromatic heterocycles. The van der Waals surface area contributed by atoms with Crippen molar-refractivity contribution in [3.05, 3.63) is 81.4 Å². The van der Waals surface area contributed by atoms with Crippen LogP contribution in [0.1, 0.15) is 17.2 Å². The van der Waals surface area contributed by atoms with E-state index in [0.717, 1.165) is 25.5 Å². The maximum Gasteiger partial charge on any atom is 0.106 e. The molecule has 0 saturated carbocycles. The van der Waals surface area contributed by atoms with Crippen molar-refractivity contribution >= 4 is 33.4 Å². The second-order valence-electron chi connectivity index (χ2n) is 4.49. The Bertz CT molecular complexity index is 716. The number of hydrogen-bond acceptors (Lipinski definition) is 1. The third-order valence-electron chi connectivity index (χ3n) is 3.32. The summed E-state index contributed by atoms with van der Waals surface area (Å²) in [7, 11) is 0. The first-order valence-electron chi connectivity index (χ1n) is 6.17. The van der Waals surface area contributed by atoms with Crippen LogP contribution in [-0.4, -0.2) is 5.11 Å². The monoisotopic (exact) mass is 360 g/mol. The zero-order valence-corrected chi connectivity index (χ0v) is 12.4. The van der Waals surface area contributed by atoms with Gasteiger partial charge in [0.2, 0.25) is 0 Å². The molecule has 3 rings (SSSR count). The standard InChI is InChI=1S/C17H13IO/c18-16-11-4-3-9-15(16)17(19)14-10-5-7-12-6-1-2-8-13(12)14/h1-11,17,19H. The minimum absolute atomic E-state index is 0.584. The molecule has 3 aromatic carbocycles. The van der Waals surface area contributed by atoms with Crippen molar-refractivity contribution in [1.82, 2.24) is 0 Å². The number of rotatable bonds is 2. The van der Waals surface area contributed by atoms with Crippen LogP contribution in [0.25, 0.3) is 10.8 Å². The van der Waals surface area contributed by atoms with E-state index in [-0.39, 0.29) is 0 Å². The van der Waals surface area contributed by atoms with Crippen LogP contribution in [0.5, 0.6) is 0 Å². The molecule has 0 spiro atoms. The van der Waals surface area contributed by atoms with Crippen molar-refractivity contribution in [3.63, 3.8) is 0 Å². The molecular formula is C17H13IO. The minimum Gasteiger partial charge on any atom is -0.384 e. The van der Waals surface area contributed by atoms with E-state index in [4.69, 9.17) is 0 Å². The minimum atomic E-state index is -0.584. The third kappa shape index (κ3) is 2.38. The molecule has 1 unspecified atom stereocenters. The molecule has 0 bridgehead atoms. The molecule has 0 aliphatic rings. The molecule has 0 radical (unpaired) electrons. The highest BCUT2D eigenvalue weighted by molar-refractivity contribution is 14.1. The SMILES string of the molecule is OC(c1ccccc1I)c1cccc2ccccc12. The molecule has 0 amide bonds. The van der Waals surface area contributed by atoms with Gasteiger partial charge in [-0.25, -0.2) is 0 Å². The molecule has 3 aromatic rings. The molecule has 0 heterocycles. The van der Waals surface area contributed by atoms with Crippen molar-refractivity contribution in [1.29, 1.82) is 0 Å². The van der Waals surface area contributed by atoms with E-state index in [1.54, 1.807) is 0 Å². The van der Waals surface area contributed by atoms with Gasteiger partial charge in [0.1, 0.15) is 6.10 Å². The van der Waals surface area contributed by atoms with Crippen molar-refractivity contribution in [2.75, 3.05) is 0 Å². The van der Waals surface area contributed by atoms with Crippen LogP contribution in [0.4, 0.5) is 0 Å². The fraction of sp³-hybridized carbons (Fsp3) is 0.0588. The van der Waals surface area contributed by atoms with Gasteiger partial charge >= 0.3 is 0 Å². The summed E-state index contributed by atoms with van der Waals surface area (Å²) >= 11 is 2.27. The molecule has 0 fully saturated rings. The fourth-order valence-corrected chi connectivity index (χ4v) is 3.04. The number of halogens is 1. The summed E-state index contributed by atoms with van der Waals surface area (Å²) in [6.07, 6.45) is -0.584. The van der Waals surface area contributed by atoms with E-state index >= 15 is 0 Å². The predicted octanol–water partition coefficient (Wildman–Crippen LogP) is 4.53. The van der Waals surface area contributed by atoms with Gasteiger partial charge in [0, 0.05) is 3.57 Å². The molecule has 0 aliphatic carbocycles. The van der Waals surface area contributed by atoms with Gasteiger partial charge in [-0.2, -0.15) is 0 Å². The Hall–Kier alpha value is -1.39. The van der Waals surface area contributed by atoms with Crippen molar-refractivity contribution in [3.8, 4) is 0 Å². The average molecular weight is 360 g/mol. The number of hydrogen-bond donors (Lipinski definition) is 1. The Morgan fingerprint density at radius 3 is 2.21 bits per heavy atom. The average Bonchev–Trinajstić information content (AvgIpc) is 2.46. The second kappa shape index (κ2) is 5.31. The number of benzene rings is 3. The Balaban J connectivity index is 2.17. The number of aliphatic hydroxyl groups is 1. The smallest absolute Gasteiger partial charge is 0.106 e. The predicted molar refractivity (Wildman–Crippen MR) is 87.2 cm³/mol. The summed E-state index contributed by atoms with van der Waals surface area (Å²) in [4.78, 5) is 0. The lowest BCUT2D eigenvalue weighted by Gasteiger charge is -2.15. The van der Waals surface area contributed by atoms with Crippen molar-refractivity contribution < 1.29 is 5.11 Å². The van der Waals surface area contributed by atoms with Crippen molar-refractivity contribution in [2.45, 2.75) is 6.10 Å². The van der Waals surface area contributed by atoms with E-state index in [9.17, 15) is 5.11 Å². The molecule has 2 heteroatoms. The second-order valence-corrected chi connectivity index (χ2v) is 5.65. The summed E-state index contributed by atoms with van der Waals surface area (Å²) < 4.78 is 1.08. The van der Waals surface area contributed by atoms with E-state index < -0.39 is 6.10 Å². The maximum absolute atomic E-state index is 10.7. The highest BCUT2D eigenvalue weighted by Crippen LogP contribution is 2.30. The lowest BCUT2D eigenvalue weighted by molar-refractivity contribution is 0.221. The van der Waals surface area contributed by atoms with Crippen LogP contribution in [0, 0.1) is 3.57 Å². The van der Waals surface area contributed by atoms with E-state index in [1.165, 1.54) is 0 Å². The lowest BCUT2D eigenvalue weighted by atomic mass is 9.96. The molecular weight excluding hydrogens is 347 g/mol. The van der Waals surface area contributed by atoms with Crippen LogP contribution in [0.15, 0.2) is 66.7 Å². The molecule has 0 saturated heterocycles. The summed E-state index contributed by atoms with van der Waals surface area (Å²) in [5.41, 5.74) is 1.92. The fourth-order valence-electron chi connectivity index (χ4n) is 2.35. The summed E-state index contributed by atoms with van der Waals surface area (Å²) in [5.74, 6) is 0. The van der Waals surface area contributed by atoms with Gasteiger partial charge in [-0.05, 0) is 50.6 Å². The maximum atomic E-state index is 10.7. The molecule has 1 N–H and O–H groups in total. The van der Waals surface area contributed by atoms with Gasteiger partial charge in [-0.1, -0.05) is 60.7 Å². The summed E-state index contributed by atoms with van der Waals surface area (Å²) in [6.45, 7) is 0. The molecule has 1 nitrogen and oxygen atoms in total. The molecule has 1 atom stereocenters. The van der Waals surface area contributed by atoms with E-state index in [0.29, 0.717) is 0 Å². The van der Waals surface area contributed by atoms with Crippen LogP contribution >= 0.6 is 22.6 Å². The van der Waals surface area contributed by atoms with Crippen molar-refractivity contribution in [2.24, 2.45) is 0 Å². The van der Waals surface area contributed by atoms with E-state index in [1.807, 2.05) is 48.5 Å². The first-order chi connectivity index (χ1) is 9.27.